The van der Waals surface area contributed by atoms with Crippen LogP contribution in [0.3, 0.4) is 0 Å². The number of benzene rings is 2. The minimum Gasteiger partial charge on any atom is -0.289 e. The number of halogens is 1. The zero-order valence-electron chi connectivity index (χ0n) is 20.1. The topological polar surface area (TPSA) is 41.8 Å². The molecule has 0 atom stereocenters. The molecule has 1 heterocycles. The van der Waals surface area contributed by atoms with Crippen LogP contribution in [-0.4, -0.2) is 5.78 Å². The van der Waals surface area contributed by atoms with E-state index in [1.807, 2.05) is 54.6 Å². The van der Waals surface area contributed by atoms with Crippen LogP contribution >= 0.6 is 22.9 Å². The molecule has 1 aromatic heterocycles. The lowest BCUT2D eigenvalue weighted by Crippen LogP contribution is -2.31. The minimum atomic E-state index is -0.347. The van der Waals surface area contributed by atoms with Gasteiger partial charge in [-0.2, -0.15) is 5.11 Å². The van der Waals surface area contributed by atoms with Crippen molar-refractivity contribution in [3.05, 3.63) is 92.9 Å². The van der Waals surface area contributed by atoms with Gasteiger partial charge in [0.05, 0.1) is 10.6 Å². The number of carbonyl (C=O) groups excluding carboxylic acids is 1. The monoisotopic (exact) mass is 486 g/mol. The van der Waals surface area contributed by atoms with Gasteiger partial charge in [-0.15, -0.1) is 16.5 Å². The summed E-state index contributed by atoms with van der Waals surface area (Å²) < 4.78 is 1.16. The quantitative estimate of drug-likeness (QED) is 0.333. The molecule has 5 heteroatoms. The second kappa shape index (κ2) is 8.14. The van der Waals surface area contributed by atoms with Gasteiger partial charge in [-0.25, -0.2) is 0 Å². The summed E-state index contributed by atoms with van der Waals surface area (Å²) >= 11 is 8.12. The fourth-order valence-corrected chi connectivity index (χ4v) is 6.07. The van der Waals surface area contributed by atoms with E-state index < -0.39 is 0 Å². The molecule has 0 saturated heterocycles. The fourth-order valence-electron chi connectivity index (χ4n) is 4.69. The summed E-state index contributed by atoms with van der Waals surface area (Å²) in [6.07, 6.45) is 4.78. The Hall–Kier alpha value is -2.82. The highest BCUT2D eigenvalue weighted by atomic mass is 35.5. The first-order valence-corrected chi connectivity index (χ1v) is 12.7. The van der Waals surface area contributed by atoms with Crippen molar-refractivity contribution < 1.29 is 4.79 Å². The predicted octanol–water partition coefficient (Wildman–Crippen LogP) is 9.11. The van der Waals surface area contributed by atoms with Gasteiger partial charge in [-0.3, -0.25) is 4.79 Å². The number of hydrogen-bond acceptors (Lipinski definition) is 4. The van der Waals surface area contributed by atoms with E-state index in [1.54, 1.807) is 11.3 Å². The Balaban J connectivity index is 1.85. The number of rotatable bonds is 2. The van der Waals surface area contributed by atoms with Crippen molar-refractivity contribution in [2.45, 2.75) is 41.0 Å². The summed E-state index contributed by atoms with van der Waals surface area (Å²) in [7, 11) is 0. The molecule has 172 valence electrons. The molecule has 5 rings (SSSR count). The second-order valence-corrected chi connectivity index (χ2v) is 12.1. The van der Waals surface area contributed by atoms with Gasteiger partial charge in [-0.05, 0) is 70.7 Å². The van der Waals surface area contributed by atoms with E-state index in [0.717, 1.165) is 49.5 Å². The van der Waals surface area contributed by atoms with Crippen LogP contribution < -0.4 is 0 Å². The molecule has 0 N–H and O–H groups in total. The number of ketones is 1. The molecule has 0 spiro atoms. The lowest BCUT2D eigenvalue weighted by molar-refractivity contribution is -0.114. The Bertz CT molecular complexity index is 1450. The highest BCUT2D eigenvalue weighted by Crippen LogP contribution is 2.49. The van der Waals surface area contributed by atoms with Gasteiger partial charge in [0.1, 0.15) is 5.70 Å². The van der Waals surface area contributed by atoms with Crippen LogP contribution in [0.2, 0.25) is 5.02 Å². The summed E-state index contributed by atoms with van der Waals surface area (Å²) in [5.74, 6) is 0.126. The highest BCUT2D eigenvalue weighted by Gasteiger charge is 2.39. The molecule has 0 fully saturated rings. The molecule has 34 heavy (non-hydrogen) atoms. The van der Waals surface area contributed by atoms with Crippen molar-refractivity contribution in [3.8, 4) is 0 Å². The third-order valence-corrected chi connectivity index (χ3v) is 7.96. The van der Waals surface area contributed by atoms with Crippen LogP contribution in [0.15, 0.2) is 87.6 Å². The van der Waals surface area contributed by atoms with Gasteiger partial charge in [0.2, 0.25) is 0 Å². The maximum Gasteiger partial charge on any atom is 0.186 e. The molecule has 2 bridgehead atoms. The smallest absolute Gasteiger partial charge is 0.186 e. The van der Waals surface area contributed by atoms with E-state index in [4.69, 9.17) is 16.7 Å². The van der Waals surface area contributed by atoms with E-state index in [1.165, 1.54) is 5.56 Å². The van der Waals surface area contributed by atoms with Crippen molar-refractivity contribution in [2.75, 3.05) is 0 Å². The average Bonchev–Trinajstić information content (AvgIpc) is 3.10. The van der Waals surface area contributed by atoms with E-state index in [0.29, 0.717) is 5.02 Å². The van der Waals surface area contributed by atoms with Gasteiger partial charge in [0.25, 0.3) is 0 Å². The van der Waals surface area contributed by atoms with Crippen LogP contribution in [0.1, 0.15) is 45.1 Å². The summed E-state index contributed by atoms with van der Waals surface area (Å²) in [6.45, 7) is 10.6. The van der Waals surface area contributed by atoms with Crippen molar-refractivity contribution in [1.82, 2.24) is 0 Å². The Morgan fingerprint density at radius 2 is 1.74 bits per heavy atom. The molecule has 3 nitrogen and oxygen atoms in total. The molecule has 2 aromatic carbocycles. The Morgan fingerprint density at radius 1 is 1.00 bits per heavy atom. The maximum atomic E-state index is 13.7. The standard InChI is InChI=1S/C29H27ClN2OS/c1-28(2,3)22-13-17-14-23(26(22)33)29(4,5)16-21-20-15-18(30)11-12-24(20)34-27(21)25(17)32-31-19-9-7-6-8-10-19/h6-15H,16H2,1-5H3/b25-17+,32-31?. The van der Waals surface area contributed by atoms with Crippen LogP contribution in [0.4, 0.5) is 5.69 Å². The third kappa shape index (κ3) is 3.99. The van der Waals surface area contributed by atoms with Crippen molar-refractivity contribution in [1.29, 1.82) is 0 Å². The summed E-state index contributed by atoms with van der Waals surface area (Å²) in [4.78, 5) is 14.8. The number of carbonyl (C=O) groups is 1. The summed E-state index contributed by atoms with van der Waals surface area (Å²) in [5, 5.41) is 11.2. The molecule has 0 radical (unpaired) electrons. The van der Waals surface area contributed by atoms with Crippen LogP contribution in [0.25, 0.3) is 15.8 Å². The number of thiophene rings is 1. The van der Waals surface area contributed by atoms with Crippen molar-refractivity contribution in [2.24, 2.45) is 21.1 Å². The molecular formula is C29H27ClN2OS. The molecule has 0 saturated carbocycles. The van der Waals surface area contributed by atoms with E-state index in [2.05, 4.69) is 45.8 Å². The second-order valence-electron chi connectivity index (χ2n) is 10.6. The van der Waals surface area contributed by atoms with E-state index in [-0.39, 0.29) is 16.6 Å². The summed E-state index contributed by atoms with van der Waals surface area (Å²) in [6, 6.07) is 15.8. The fraction of sp³-hybridized carbons (Fsp3) is 0.276. The largest absolute Gasteiger partial charge is 0.289 e. The summed E-state index contributed by atoms with van der Waals surface area (Å²) in [5.41, 5.74) is 4.72. The molecule has 2 aliphatic carbocycles. The molecule has 3 aromatic rings. The van der Waals surface area contributed by atoms with Crippen molar-refractivity contribution >= 4 is 50.2 Å². The highest BCUT2D eigenvalue weighted by molar-refractivity contribution is 7.20. The van der Waals surface area contributed by atoms with Gasteiger partial charge >= 0.3 is 0 Å². The van der Waals surface area contributed by atoms with Gasteiger partial charge in [0, 0.05) is 26.4 Å². The number of nitrogens with zero attached hydrogens (tertiary/aromatic N) is 2. The molecule has 2 aliphatic rings. The lowest BCUT2D eigenvalue weighted by atomic mass is 9.68. The van der Waals surface area contributed by atoms with Crippen LogP contribution in [0, 0.1) is 10.8 Å². The normalized spacial score (nSPS) is 20.1. The first-order valence-electron chi connectivity index (χ1n) is 11.5. The zero-order valence-corrected chi connectivity index (χ0v) is 21.6. The van der Waals surface area contributed by atoms with E-state index in [9.17, 15) is 4.79 Å². The van der Waals surface area contributed by atoms with Gasteiger partial charge in [-0.1, -0.05) is 64.4 Å². The Labute approximate surface area is 209 Å². The number of fused-ring (bicyclic) bond motifs is 4. The SMILES string of the molecule is CC(C)(C)C1=C/C2=C(\N=Nc3ccccc3)c3sc4ccc(Cl)cc4c3CC(C)(C)C(=C2)C1=O. The maximum absolute atomic E-state index is 13.7. The molecule has 0 unspecified atom stereocenters. The number of hydrogen-bond donors (Lipinski definition) is 0. The number of azo groups is 1. The molecule has 0 amide bonds. The predicted molar refractivity (Wildman–Crippen MR) is 143 cm³/mol. The third-order valence-electron chi connectivity index (χ3n) is 6.51. The number of Topliss-reactive ketones (excluding diaryl/α,β-unsaturated/α-hetero) is 1. The first-order chi connectivity index (χ1) is 16.0. The first kappa shape index (κ1) is 22.9. The lowest BCUT2D eigenvalue weighted by Gasteiger charge is -2.35. The molecule has 0 aliphatic heterocycles. The zero-order chi connectivity index (χ0) is 24.3. The van der Waals surface area contributed by atoms with Gasteiger partial charge in [0.15, 0.2) is 5.78 Å². The number of allylic oxidation sites excluding steroid dienone is 5. The van der Waals surface area contributed by atoms with Gasteiger partial charge < -0.3 is 0 Å². The van der Waals surface area contributed by atoms with Crippen LogP contribution in [0.5, 0.6) is 0 Å². The van der Waals surface area contributed by atoms with E-state index >= 15 is 0 Å². The average molecular weight is 487 g/mol. The van der Waals surface area contributed by atoms with Crippen LogP contribution in [-0.2, 0) is 11.2 Å². The molecular weight excluding hydrogens is 460 g/mol. The Morgan fingerprint density at radius 3 is 2.44 bits per heavy atom. The van der Waals surface area contributed by atoms with Crippen molar-refractivity contribution in [3.63, 3.8) is 0 Å². The minimum absolute atomic E-state index is 0.126. The Kier molecular flexibility index (Phi) is 5.50.